The molecule has 0 radical (unpaired) electrons. The number of aromatic nitrogens is 1. The Morgan fingerprint density at radius 2 is 1.81 bits per heavy atom. The molecule has 27 heavy (non-hydrogen) atoms. The lowest BCUT2D eigenvalue weighted by Crippen LogP contribution is -2.45. The van der Waals surface area contributed by atoms with Gasteiger partial charge in [0.05, 0.1) is 23.3 Å². The molecule has 0 N–H and O–H groups in total. The second kappa shape index (κ2) is 7.19. The number of ether oxygens (including phenoxy) is 1. The molecular formula is C21H24FN3O2. The summed E-state index contributed by atoms with van der Waals surface area (Å²) in [5.41, 5.74) is 1.90. The molecule has 2 atom stereocenters. The Morgan fingerprint density at radius 3 is 2.52 bits per heavy atom. The standard InChI is InChI=1S/C21H24FN3O2/c1-14-11-25(12-15(2)26-14)18-10-9-17-20(19(18)22)27-23-21(17)24(3)13-16-7-5-4-6-8-16/h4-10,14-15H,11-13H2,1-3H3/t14-,15+. The third-order valence-electron chi connectivity index (χ3n) is 4.93. The van der Waals surface area contributed by atoms with Crippen molar-refractivity contribution in [3.8, 4) is 0 Å². The summed E-state index contributed by atoms with van der Waals surface area (Å²) in [5.74, 6) is 0.281. The number of morpholine rings is 1. The molecule has 0 bridgehead atoms. The first-order chi connectivity index (χ1) is 13.0. The van der Waals surface area contributed by atoms with E-state index in [1.165, 1.54) is 0 Å². The molecule has 6 heteroatoms. The highest BCUT2D eigenvalue weighted by molar-refractivity contribution is 5.91. The maximum Gasteiger partial charge on any atom is 0.206 e. The molecule has 0 unspecified atom stereocenters. The van der Waals surface area contributed by atoms with Gasteiger partial charge < -0.3 is 19.1 Å². The van der Waals surface area contributed by atoms with Gasteiger partial charge in [0.25, 0.3) is 0 Å². The number of hydrogen-bond acceptors (Lipinski definition) is 5. The van der Waals surface area contributed by atoms with E-state index in [9.17, 15) is 0 Å². The summed E-state index contributed by atoms with van der Waals surface area (Å²) in [4.78, 5) is 3.99. The van der Waals surface area contributed by atoms with E-state index in [1.807, 2.05) is 61.0 Å². The van der Waals surface area contributed by atoms with Gasteiger partial charge in [-0.25, -0.2) is 4.39 Å². The molecule has 1 saturated heterocycles. The minimum absolute atomic E-state index is 0.0612. The van der Waals surface area contributed by atoms with Crippen molar-refractivity contribution >= 4 is 22.5 Å². The molecule has 0 aliphatic carbocycles. The van der Waals surface area contributed by atoms with Crippen LogP contribution in [0, 0.1) is 5.82 Å². The van der Waals surface area contributed by atoms with Crippen LogP contribution in [0.3, 0.4) is 0 Å². The zero-order chi connectivity index (χ0) is 19.0. The van der Waals surface area contributed by atoms with Crippen molar-refractivity contribution in [2.75, 3.05) is 29.9 Å². The van der Waals surface area contributed by atoms with Crippen LogP contribution in [0.1, 0.15) is 19.4 Å². The van der Waals surface area contributed by atoms with E-state index < -0.39 is 0 Å². The monoisotopic (exact) mass is 369 g/mol. The van der Waals surface area contributed by atoms with Gasteiger partial charge >= 0.3 is 0 Å². The largest absolute Gasteiger partial charge is 0.372 e. The predicted octanol–water partition coefficient (Wildman–Crippen LogP) is 4.22. The van der Waals surface area contributed by atoms with Crippen molar-refractivity contribution in [3.05, 3.63) is 53.8 Å². The summed E-state index contributed by atoms with van der Waals surface area (Å²) in [5, 5.41) is 4.82. The van der Waals surface area contributed by atoms with Crippen LogP contribution < -0.4 is 9.80 Å². The van der Waals surface area contributed by atoms with Crippen LogP contribution in [-0.2, 0) is 11.3 Å². The van der Waals surface area contributed by atoms with E-state index in [2.05, 4.69) is 17.3 Å². The molecule has 1 aliphatic heterocycles. The van der Waals surface area contributed by atoms with Crippen LogP contribution in [0.4, 0.5) is 15.9 Å². The number of nitrogens with zero attached hydrogens (tertiary/aromatic N) is 3. The first-order valence-corrected chi connectivity index (χ1v) is 9.26. The van der Waals surface area contributed by atoms with Gasteiger partial charge in [0.1, 0.15) is 0 Å². The normalized spacial score (nSPS) is 20.2. The average Bonchev–Trinajstić information content (AvgIpc) is 3.07. The number of benzene rings is 2. The van der Waals surface area contributed by atoms with E-state index >= 15 is 4.39 Å². The smallest absolute Gasteiger partial charge is 0.206 e. The molecule has 3 aromatic rings. The third kappa shape index (κ3) is 3.49. The molecule has 142 valence electrons. The number of halogens is 1. The summed E-state index contributed by atoms with van der Waals surface area (Å²) in [7, 11) is 1.93. The van der Waals surface area contributed by atoms with Crippen LogP contribution in [0.25, 0.3) is 11.0 Å². The predicted molar refractivity (Wildman–Crippen MR) is 105 cm³/mol. The van der Waals surface area contributed by atoms with Gasteiger partial charge in [0, 0.05) is 26.7 Å². The topological polar surface area (TPSA) is 41.7 Å². The van der Waals surface area contributed by atoms with Crippen LogP contribution in [0.15, 0.2) is 47.0 Å². The van der Waals surface area contributed by atoms with Gasteiger partial charge in [0.15, 0.2) is 11.6 Å². The van der Waals surface area contributed by atoms with Gasteiger partial charge in [-0.2, -0.15) is 0 Å². The van der Waals surface area contributed by atoms with E-state index in [0.717, 1.165) is 5.56 Å². The average molecular weight is 369 g/mol. The second-order valence-corrected chi connectivity index (χ2v) is 7.29. The van der Waals surface area contributed by atoms with Crippen molar-refractivity contribution in [1.82, 2.24) is 5.16 Å². The van der Waals surface area contributed by atoms with E-state index in [0.29, 0.717) is 36.5 Å². The fourth-order valence-electron chi connectivity index (χ4n) is 3.78. The summed E-state index contributed by atoms with van der Waals surface area (Å²) >= 11 is 0. The molecule has 1 aliphatic rings. The Kier molecular flexibility index (Phi) is 4.74. The van der Waals surface area contributed by atoms with Crippen molar-refractivity contribution in [3.63, 3.8) is 0 Å². The SMILES string of the molecule is C[C@@H]1CN(c2ccc3c(N(C)Cc4ccccc4)noc3c2F)C[C@H](C)O1. The Labute approximate surface area is 158 Å². The molecule has 2 heterocycles. The van der Waals surface area contributed by atoms with E-state index in [-0.39, 0.29) is 23.6 Å². The Balaban J connectivity index is 1.63. The molecule has 0 amide bonds. The number of hydrogen-bond donors (Lipinski definition) is 0. The lowest BCUT2D eigenvalue weighted by molar-refractivity contribution is -0.00539. The molecule has 1 fully saturated rings. The lowest BCUT2D eigenvalue weighted by Gasteiger charge is -2.36. The van der Waals surface area contributed by atoms with Crippen molar-refractivity contribution in [2.24, 2.45) is 0 Å². The van der Waals surface area contributed by atoms with Crippen molar-refractivity contribution < 1.29 is 13.7 Å². The zero-order valence-corrected chi connectivity index (χ0v) is 15.9. The Hall–Kier alpha value is -2.60. The van der Waals surface area contributed by atoms with Gasteiger partial charge in [-0.1, -0.05) is 35.5 Å². The fraction of sp³-hybridized carbons (Fsp3) is 0.381. The minimum atomic E-state index is -0.360. The molecule has 1 aromatic heterocycles. The maximum atomic E-state index is 15.2. The molecular weight excluding hydrogens is 345 g/mol. The number of rotatable bonds is 4. The summed E-state index contributed by atoms with van der Waals surface area (Å²) in [6.07, 6.45) is 0.122. The van der Waals surface area contributed by atoms with E-state index in [4.69, 9.17) is 9.26 Å². The summed E-state index contributed by atoms with van der Waals surface area (Å²) in [6.45, 7) is 5.99. The van der Waals surface area contributed by atoms with Crippen LogP contribution >= 0.6 is 0 Å². The highest BCUT2D eigenvalue weighted by Crippen LogP contribution is 2.34. The fourth-order valence-corrected chi connectivity index (χ4v) is 3.78. The molecule has 0 spiro atoms. The third-order valence-corrected chi connectivity index (χ3v) is 4.93. The van der Waals surface area contributed by atoms with Crippen LogP contribution in [0.5, 0.6) is 0 Å². The number of anilines is 2. The highest BCUT2D eigenvalue weighted by atomic mass is 19.1. The Bertz CT molecular complexity index is 918. The molecule has 5 nitrogen and oxygen atoms in total. The first kappa shape index (κ1) is 17.8. The quantitative estimate of drug-likeness (QED) is 0.689. The van der Waals surface area contributed by atoms with Crippen LogP contribution in [0.2, 0.25) is 0 Å². The van der Waals surface area contributed by atoms with Gasteiger partial charge in [-0.05, 0) is 31.5 Å². The van der Waals surface area contributed by atoms with Crippen molar-refractivity contribution in [1.29, 1.82) is 0 Å². The van der Waals surface area contributed by atoms with Gasteiger partial charge in [-0.3, -0.25) is 0 Å². The zero-order valence-electron chi connectivity index (χ0n) is 15.9. The number of fused-ring (bicyclic) bond motifs is 1. The second-order valence-electron chi connectivity index (χ2n) is 7.29. The van der Waals surface area contributed by atoms with Gasteiger partial charge in [0.2, 0.25) is 5.58 Å². The lowest BCUT2D eigenvalue weighted by atomic mass is 10.1. The van der Waals surface area contributed by atoms with Gasteiger partial charge in [-0.15, -0.1) is 0 Å². The first-order valence-electron chi connectivity index (χ1n) is 9.26. The minimum Gasteiger partial charge on any atom is -0.372 e. The summed E-state index contributed by atoms with van der Waals surface area (Å²) < 4.78 is 26.3. The molecule has 2 aromatic carbocycles. The molecule has 4 rings (SSSR count). The van der Waals surface area contributed by atoms with Crippen LogP contribution in [-0.4, -0.2) is 37.5 Å². The summed E-state index contributed by atoms with van der Waals surface area (Å²) in [6, 6.07) is 13.8. The van der Waals surface area contributed by atoms with Crippen molar-refractivity contribution in [2.45, 2.75) is 32.6 Å². The Morgan fingerprint density at radius 1 is 1.11 bits per heavy atom. The molecule has 0 saturated carbocycles. The highest BCUT2D eigenvalue weighted by Gasteiger charge is 2.27. The van der Waals surface area contributed by atoms with E-state index in [1.54, 1.807) is 0 Å². The maximum absolute atomic E-state index is 15.2.